The summed E-state index contributed by atoms with van der Waals surface area (Å²) in [5, 5.41) is 1.63. The van der Waals surface area contributed by atoms with Gasteiger partial charge in [0.05, 0.1) is 7.11 Å². The van der Waals surface area contributed by atoms with E-state index >= 15 is 0 Å². The van der Waals surface area contributed by atoms with Crippen molar-refractivity contribution in [1.82, 2.24) is 10.0 Å². The molecule has 5 nitrogen and oxygen atoms in total. The summed E-state index contributed by atoms with van der Waals surface area (Å²) < 4.78 is 5.51. The molecule has 1 heterocycles. The van der Waals surface area contributed by atoms with Crippen LogP contribution >= 0.6 is 0 Å². The first-order chi connectivity index (χ1) is 7.19. The van der Waals surface area contributed by atoms with E-state index in [0.29, 0.717) is 23.7 Å². The Bertz CT molecular complexity index is 467. The number of rotatable bonds is 3. The highest BCUT2D eigenvalue weighted by Crippen LogP contribution is 2.18. The molecule has 0 aliphatic carbocycles. The molecule has 1 aromatic heterocycles. The fraction of sp³-hybridized carbons (Fsp3) is 0.300. The molecular weight excluding hydrogens is 194 g/mol. The molecule has 80 valence electrons. The van der Waals surface area contributed by atoms with Gasteiger partial charge in [-0.05, 0) is 12.1 Å². The Hall–Kier alpha value is -1.59. The molecule has 2 aromatic rings. The van der Waals surface area contributed by atoms with Crippen LogP contribution in [-0.2, 0) is 11.4 Å². The van der Waals surface area contributed by atoms with Crippen LogP contribution in [0.5, 0.6) is 0 Å². The first-order valence-corrected chi connectivity index (χ1v) is 4.59. The highest BCUT2D eigenvalue weighted by atomic mass is 16.7. The van der Waals surface area contributed by atoms with Gasteiger partial charge in [-0.25, -0.2) is 4.98 Å². The molecule has 5 heteroatoms. The zero-order chi connectivity index (χ0) is 10.8. The second kappa shape index (κ2) is 3.88. The SMILES string of the molecule is CON(C)Cc1nc2ccc(N)cc2o1. The van der Waals surface area contributed by atoms with Crippen molar-refractivity contribution in [2.45, 2.75) is 6.54 Å². The Morgan fingerprint density at radius 1 is 1.53 bits per heavy atom. The summed E-state index contributed by atoms with van der Waals surface area (Å²) in [7, 11) is 3.41. The molecule has 0 saturated carbocycles. The van der Waals surface area contributed by atoms with Gasteiger partial charge in [-0.15, -0.1) is 0 Å². The maximum atomic E-state index is 5.64. The number of aromatic nitrogens is 1. The van der Waals surface area contributed by atoms with Crippen molar-refractivity contribution >= 4 is 16.8 Å². The second-order valence-corrected chi connectivity index (χ2v) is 3.30. The lowest BCUT2D eigenvalue weighted by molar-refractivity contribution is -0.120. The van der Waals surface area contributed by atoms with Crippen molar-refractivity contribution in [3.8, 4) is 0 Å². The molecule has 0 amide bonds. The fourth-order valence-electron chi connectivity index (χ4n) is 1.31. The van der Waals surface area contributed by atoms with E-state index in [1.54, 1.807) is 24.3 Å². The Labute approximate surface area is 87.4 Å². The molecule has 0 aliphatic rings. The first-order valence-electron chi connectivity index (χ1n) is 4.59. The second-order valence-electron chi connectivity index (χ2n) is 3.30. The van der Waals surface area contributed by atoms with Crippen LogP contribution in [0, 0.1) is 0 Å². The molecule has 0 bridgehead atoms. The number of hydroxylamine groups is 2. The van der Waals surface area contributed by atoms with Gasteiger partial charge in [-0.1, -0.05) is 0 Å². The van der Waals surface area contributed by atoms with Gasteiger partial charge >= 0.3 is 0 Å². The Balaban J connectivity index is 2.30. The lowest BCUT2D eigenvalue weighted by atomic mass is 10.3. The Morgan fingerprint density at radius 3 is 3.07 bits per heavy atom. The van der Waals surface area contributed by atoms with Crippen molar-refractivity contribution in [2.75, 3.05) is 19.9 Å². The zero-order valence-electron chi connectivity index (χ0n) is 8.73. The molecule has 0 atom stereocenters. The molecule has 2 N–H and O–H groups in total. The number of hydrogen-bond donors (Lipinski definition) is 1. The van der Waals surface area contributed by atoms with Gasteiger partial charge in [0, 0.05) is 18.8 Å². The summed E-state index contributed by atoms with van der Waals surface area (Å²) in [4.78, 5) is 9.28. The summed E-state index contributed by atoms with van der Waals surface area (Å²) in [6.07, 6.45) is 0. The first kappa shape index (κ1) is 9.95. The van der Waals surface area contributed by atoms with Crippen molar-refractivity contribution in [1.29, 1.82) is 0 Å². The van der Waals surface area contributed by atoms with Crippen LogP contribution in [-0.4, -0.2) is 24.2 Å². The lowest BCUT2D eigenvalue weighted by Crippen LogP contribution is -2.15. The topological polar surface area (TPSA) is 64.5 Å². The minimum Gasteiger partial charge on any atom is -0.439 e. The highest BCUT2D eigenvalue weighted by molar-refractivity contribution is 5.76. The van der Waals surface area contributed by atoms with Crippen LogP contribution in [0.25, 0.3) is 11.1 Å². The number of fused-ring (bicyclic) bond motifs is 1. The van der Waals surface area contributed by atoms with Crippen molar-refractivity contribution < 1.29 is 9.25 Å². The summed E-state index contributed by atoms with van der Waals surface area (Å²) in [5.74, 6) is 0.611. The smallest absolute Gasteiger partial charge is 0.212 e. The predicted molar refractivity (Wildman–Crippen MR) is 56.9 cm³/mol. The average Bonchev–Trinajstić information content (AvgIpc) is 2.59. The highest BCUT2D eigenvalue weighted by Gasteiger charge is 2.07. The van der Waals surface area contributed by atoms with Crippen LogP contribution < -0.4 is 5.73 Å². The molecule has 0 fully saturated rings. The van der Waals surface area contributed by atoms with E-state index in [1.165, 1.54) is 0 Å². The van der Waals surface area contributed by atoms with Gasteiger partial charge in [0.1, 0.15) is 12.1 Å². The minimum absolute atomic E-state index is 0.505. The van der Waals surface area contributed by atoms with Gasteiger partial charge < -0.3 is 15.0 Å². The van der Waals surface area contributed by atoms with Crippen LogP contribution in [0.1, 0.15) is 5.89 Å². The number of nitrogens with zero attached hydrogens (tertiary/aromatic N) is 2. The normalized spacial score (nSPS) is 11.4. The van der Waals surface area contributed by atoms with E-state index in [2.05, 4.69) is 4.98 Å². The Morgan fingerprint density at radius 2 is 2.33 bits per heavy atom. The third-order valence-corrected chi connectivity index (χ3v) is 2.13. The van der Waals surface area contributed by atoms with E-state index < -0.39 is 0 Å². The molecule has 0 aliphatic heterocycles. The van der Waals surface area contributed by atoms with Crippen LogP contribution in [0.15, 0.2) is 22.6 Å². The molecule has 15 heavy (non-hydrogen) atoms. The Kier molecular flexibility index (Phi) is 2.57. The number of anilines is 1. The molecule has 2 rings (SSSR count). The maximum Gasteiger partial charge on any atom is 0.212 e. The third-order valence-electron chi connectivity index (χ3n) is 2.13. The maximum absolute atomic E-state index is 5.64. The van der Waals surface area contributed by atoms with Crippen LogP contribution in [0.2, 0.25) is 0 Å². The summed E-state index contributed by atoms with van der Waals surface area (Å²) in [6.45, 7) is 0.505. The van der Waals surface area contributed by atoms with Crippen molar-refractivity contribution in [2.24, 2.45) is 0 Å². The fourth-order valence-corrected chi connectivity index (χ4v) is 1.31. The van der Waals surface area contributed by atoms with Crippen molar-refractivity contribution in [3.63, 3.8) is 0 Å². The van der Waals surface area contributed by atoms with Crippen LogP contribution in [0.4, 0.5) is 5.69 Å². The van der Waals surface area contributed by atoms with Crippen LogP contribution in [0.3, 0.4) is 0 Å². The number of benzene rings is 1. The summed E-state index contributed by atoms with van der Waals surface area (Å²) in [6, 6.07) is 5.40. The van der Waals surface area contributed by atoms with Gasteiger partial charge in [0.2, 0.25) is 5.89 Å². The largest absolute Gasteiger partial charge is 0.439 e. The van der Waals surface area contributed by atoms with E-state index in [1.807, 2.05) is 13.1 Å². The molecule has 1 aromatic carbocycles. The zero-order valence-corrected chi connectivity index (χ0v) is 8.73. The molecule has 0 radical (unpaired) electrons. The average molecular weight is 207 g/mol. The van der Waals surface area contributed by atoms with Gasteiger partial charge in [0.25, 0.3) is 0 Å². The summed E-state index contributed by atoms with van der Waals surface area (Å²) in [5.41, 5.74) is 7.82. The van der Waals surface area contributed by atoms with Gasteiger partial charge in [-0.3, -0.25) is 0 Å². The van der Waals surface area contributed by atoms with E-state index in [4.69, 9.17) is 15.0 Å². The number of oxazole rings is 1. The van der Waals surface area contributed by atoms with E-state index in [-0.39, 0.29) is 0 Å². The van der Waals surface area contributed by atoms with Gasteiger partial charge in [-0.2, -0.15) is 5.06 Å². The van der Waals surface area contributed by atoms with E-state index in [0.717, 1.165) is 5.52 Å². The van der Waals surface area contributed by atoms with Gasteiger partial charge in [0.15, 0.2) is 5.58 Å². The standard InChI is InChI=1S/C10H13N3O2/c1-13(14-2)6-10-12-8-4-3-7(11)5-9(8)15-10/h3-5H,6,11H2,1-2H3. The molecular formula is C10H13N3O2. The third kappa shape index (κ3) is 2.08. The predicted octanol–water partition coefficient (Wildman–Crippen LogP) is 1.40. The molecule has 0 unspecified atom stereocenters. The minimum atomic E-state index is 0.505. The molecule has 0 spiro atoms. The number of nitrogens with two attached hydrogens (primary N) is 1. The molecule has 0 saturated heterocycles. The number of hydrogen-bond acceptors (Lipinski definition) is 5. The monoisotopic (exact) mass is 207 g/mol. The van der Waals surface area contributed by atoms with E-state index in [9.17, 15) is 0 Å². The van der Waals surface area contributed by atoms with Crippen molar-refractivity contribution in [3.05, 3.63) is 24.1 Å². The number of nitrogen functional groups attached to an aromatic ring is 1. The lowest BCUT2D eigenvalue weighted by Gasteiger charge is -2.09. The quantitative estimate of drug-likeness (QED) is 0.608. The summed E-state index contributed by atoms with van der Waals surface area (Å²) >= 11 is 0.